The van der Waals surface area contributed by atoms with Crippen LogP contribution < -0.4 is 0 Å². The first-order valence-corrected chi connectivity index (χ1v) is 11.7. The van der Waals surface area contributed by atoms with Gasteiger partial charge < -0.3 is 0 Å². The molecule has 0 atom stereocenters. The molecule has 0 saturated carbocycles. The minimum absolute atomic E-state index is 0.935. The number of pyridine rings is 2. The van der Waals surface area contributed by atoms with E-state index in [0.29, 0.717) is 0 Å². The molecular weight excluding hydrogens is 519 g/mol. The molecule has 0 aliphatic carbocycles. The molecular formula is C18H15BrN2Pt. The zero-order chi connectivity index (χ0) is 15.9. The number of benzene rings is 1. The van der Waals surface area contributed by atoms with Crippen molar-refractivity contribution in [2.75, 3.05) is 0 Å². The summed E-state index contributed by atoms with van der Waals surface area (Å²) in [5.74, 6) is 0. The van der Waals surface area contributed by atoms with Gasteiger partial charge >= 0.3 is 31.1 Å². The molecule has 2 heterocycles. The Morgan fingerprint density at radius 1 is 0.773 bits per heavy atom. The van der Waals surface area contributed by atoms with Gasteiger partial charge in [-0.25, -0.2) is 0 Å². The molecule has 0 spiro atoms. The minimum atomic E-state index is 0.935. The van der Waals surface area contributed by atoms with Crippen LogP contribution in [0.5, 0.6) is 0 Å². The van der Waals surface area contributed by atoms with Crippen LogP contribution in [0.3, 0.4) is 0 Å². The van der Waals surface area contributed by atoms with Crippen LogP contribution in [0.25, 0.3) is 22.5 Å². The fraction of sp³-hybridized carbons (Fsp3) is 0.111. The third-order valence-corrected chi connectivity index (χ3v) is 3.17. The van der Waals surface area contributed by atoms with Crippen molar-refractivity contribution in [3.63, 3.8) is 0 Å². The summed E-state index contributed by atoms with van der Waals surface area (Å²) in [5.41, 5.74) is 6.17. The van der Waals surface area contributed by atoms with Crippen molar-refractivity contribution in [3.05, 3.63) is 72.1 Å². The topological polar surface area (TPSA) is 25.8 Å². The number of halogens is 1. The molecule has 22 heavy (non-hydrogen) atoms. The maximum atomic E-state index is 4.45. The second-order valence-electron chi connectivity index (χ2n) is 4.92. The van der Waals surface area contributed by atoms with Gasteiger partial charge in [0, 0.05) is 23.8 Å². The van der Waals surface area contributed by atoms with Gasteiger partial charge in [0.15, 0.2) is 0 Å². The molecule has 0 aliphatic rings. The van der Waals surface area contributed by atoms with Crippen LogP contribution in [-0.2, 0) is 17.8 Å². The van der Waals surface area contributed by atoms with Crippen LogP contribution in [0.15, 0.2) is 54.9 Å². The van der Waals surface area contributed by atoms with E-state index in [1.165, 1.54) is 0 Å². The van der Waals surface area contributed by atoms with Crippen LogP contribution in [0.4, 0.5) is 0 Å². The maximum absolute atomic E-state index is 4.45. The molecule has 0 bridgehead atoms. The van der Waals surface area contributed by atoms with Gasteiger partial charge in [0.1, 0.15) is 0 Å². The van der Waals surface area contributed by atoms with Gasteiger partial charge in [-0.2, -0.15) is 0 Å². The Labute approximate surface area is 149 Å². The monoisotopic (exact) mass is 533 g/mol. The van der Waals surface area contributed by atoms with E-state index in [0.717, 1.165) is 33.6 Å². The summed E-state index contributed by atoms with van der Waals surface area (Å²) in [7, 11) is 0. The van der Waals surface area contributed by atoms with Crippen molar-refractivity contribution in [2.45, 2.75) is 13.8 Å². The Morgan fingerprint density at radius 2 is 1.23 bits per heavy atom. The van der Waals surface area contributed by atoms with Crippen molar-refractivity contribution < 1.29 is 17.8 Å². The molecule has 1 aromatic carbocycles. The molecule has 0 amide bonds. The molecule has 2 nitrogen and oxygen atoms in total. The van der Waals surface area contributed by atoms with E-state index in [9.17, 15) is 0 Å². The van der Waals surface area contributed by atoms with Gasteiger partial charge in [0.25, 0.3) is 0 Å². The Hall–Kier alpha value is -1.31. The first-order chi connectivity index (χ1) is 10.7. The van der Waals surface area contributed by atoms with Gasteiger partial charge in [-0.1, -0.05) is 35.4 Å². The summed E-state index contributed by atoms with van der Waals surface area (Å²) in [4.78, 5) is 8.89. The third kappa shape index (κ3) is 4.34. The Kier molecular flexibility index (Phi) is 6.47. The summed E-state index contributed by atoms with van der Waals surface area (Å²) in [6, 6.07) is 17.6. The standard InChI is InChI=1S/C18H15N2.BrH.Pt/c1-13-6-8-17(19-11-13)15-4-3-5-16(10-15)18-9-7-14(2)12-20-18;;/h3-9,11-12H,1-2H3;1H;/q-1;;+2/p-1. The summed E-state index contributed by atoms with van der Waals surface area (Å²) in [6.45, 7) is 4.07. The van der Waals surface area contributed by atoms with Gasteiger partial charge in [-0.15, -0.1) is 24.3 Å². The molecule has 4 heteroatoms. The number of rotatable bonds is 2. The van der Waals surface area contributed by atoms with Crippen molar-refractivity contribution in [2.24, 2.45) is 0 Å². The number of hydrogen-bond donors (Lipinski definition) is 0. The molecule has 0 saturated heterocycles. The van der Waals surface area contributed by atoms with Gasteiger partial charge in [-0.05, 0) is 25.0 Å². The quantitative estimate of drug-likeness (QED) is 0.430. The Balaban J connectivity index is 0.000000847. The first-order valence-electron chi connectivity index (χ1n) is 6.73. The fourth-order valence-electron chi connectivity index (χ4n) is 2.02. The molecule has 0 N–H and O–H groups in total. The molecule has 114 valence electrons. The van der Waals surface area contributed by atoms with Crippen molar-refractivity contribution in [1.29, 1.82) is 0 Å². The second-order valence-corrected chi connectivity index (χ2v) is 4.92. The van der Waals surface area contributed by atoms with Crippen molar-refractivity contribution in [3.8, 4) is 22.5 Å². The van der Waals surface area contributed by atoms with Crippen LogP contribution >= 0.6 is 13.3 Å². The number of nitrogens with zero attached hydrogens (tertiary/aromatic N) is 2. The number of aromatic nitrogens is 2. The predicted molar refractivity (Wildman–Crippen MR) is 90.1 cm³/mol. The predicted octanol–water partition coefficient (Wildman–Crippen LogP) is 5.07. The average Bonchev–Trinajstić information content (AvgIpc) is 2.58. The Bertz CT molecular complexity index is 664. The number of aryl methyl sites for hydroxylation is 2. The van der Waals surface area contributed by atoms with Gasteiger partial charge in [0.2, 0.25) is 0 Å². The van der Waals surface area contributed by atoms with E-state index in [1.54, 1.807) is 0 Å². The zero-order valence-electron chi connectivity index (χ0n) is 12.3. The van der Waals surface area contributed by atoms with E-state index in [-0.39, 0.29) is 0 Å². The average molecular weight is 534 g/mol. The van der Waals surface area contributed by atoms with E-state index in [4.69, 9.17) is 0 Å². The molecule has 0 unspecified atom stereocenters. The number of hydrogen-bond acceptors (Lipinski definition) is 2. The van der Waals surface area contributed by atoms with Crippen molar-refractivity contribution >= 4 is 13.3 Å². The molecule has 3 aromatic rings. The summed E-state index contributed by atoms with van der Waals surface area (Å²) < 4.78 is 0. The van der Waals surface area contributed by atoms with Gasteiger partial charge in [-0.3, -0.25) is 9.97 Å². The summed E-state index contributed by atoms with van der Waals surface area (Å²) in [6.07, 6.45) is 3.75. The second kappa shape index (κ2) is 8.35. The summed E-state index contributed by atoms with van der Waals surface area (Å²) in [5, 5.41) is 0. The zero-order valence-corrected chi connectivity index (χ0v) is 16.1. The van der Waals surface area contributed by atoms with E-state index < -0.39 is 0 Å². The van der Waals surface area contributed by atoms with Crippen LogP contribution in [0.1, 0.15) is 11.1 Å². The normalized spacial score (nSPS) is 9.86. The van der Waals surface area contributed by atoms with E-state index >= 15 is 0 Å². The fourth-order valence-corrected chi connectivity index (χ4v) is 2.02. The van der Waals surface area contributed by atoms with Crippen LogP contribution in [0, 0.1) is 19.9 Å². The SMILES string of the molecule is Cc1ccc(-c2[c-]c(-c3ccc(C)cn3)ccc2)nc1.[Br][Pt+]. The molecule has 0 fully saturated rings. The molecule has 0 radical (unpaired) electrons. The van der Waals surface area contributed by atoms with E-state index in [1.807, 2.05) is 74.3 Å². The van der Waals surface area contributed by atoms with Gasteiger partial charge in [0.05, 0.1) is 0 Å². The molecule has 2 aromatic heterocycles. The first kappa shape index (κ1) is 17.0. The summed E-state index contributed by atoms with van der Waals surface area (Å²) >= 11 is 4.86. The molecule has 0 aliphatic heterocycles. The third-order valence-electron chi connectivity index (χ3n) is 3.17. The van der Waals surface area contributed by atoms with Crippen molar-refractivity contribution in [1.82, 2.24) is 9.97 Å². The molecule has 3 rings (SSSR count). The van der Waals surface area contributed by atoms with Crippen LogP contribution in [-0.4, -0.2) is 9.97 Å². The van der Waals surface area contributed by atoms with Crippen LogP contribution in [0.2, 0.25) is 0 Å². The van der Waals surface area contributed by atoms with E-state index in [2.05, 4.69) is 41.5 Å². The Morgan fingerprint density at radius 3 is 1.59 bits per heavy atom.